The third-order valence-corrected chi connectivity index (χ3v) is 6.95. The van der Waals surface area contributed by atoms with E-state index in [0.29, 0.717) is 29.7 Å². The molecule has 2 N–H and O–H groups in total. The molecular formula is C30H35N5O3. The summed E-state index contributed by atoms with van der Waals surface area (Å²) >= 11 is 0. The lowest BCUT2D eigenvalue weighted by atomic mass is 10.0. The van der Waals surface area contributed by atoms with Crippen LogP contribution in [0.3, 0.4) is 0 Å². The fourth-order valence-corrected chi connectivity index (χ4v) is 4.59. The van der Waals surface area contributed by atoms with Crippen molar-refractivity contribution in [2.24, 2.45) is 10.9 Å². The van der Waals surface area contributed by atoms with Crippen molar-refractivity contribution in [1.29, 1.82) is 0 Å². The molecule has 1 aromatic heterocycles. The number of morpholine rings is 1. The molecule has 1 saturated heterocycles. The molecule has 0 unspecified atom stereocenters. The monoisotopic (exact) mass is 513 g/mol. The molecule has 38 heavy (non-hydrogen) atoms. The van der Waals surface area contributed by atoms with E-state index in [1.54, 1.807) is 18.3 Å². The van der Waals surface area contributed by atoms with Crippen molar-refractivity contribution in [2.45, 2.75) is 26.7 Å². The second-order valence-corrected chi connectivity index (χ2v) is 9.91. The Labute approximate surface area is 224 Å². The Hall–Kier alpha value is -3.75. The van der Waals surface area contributed by atoms with E-state index in [9.17, 15) is 4.79 Å². The SMILES string of the molecule is Cc1ccc(NC2=Nc3cc(Oc4ccnc(C(=O)NCCN5CCOCC5)c4)ccc3CC[C@H]2C)cc1. The number of aromatic nitrogens is 1. The van der Waals surface area contributed by atoms with Crippen LogP contribution in [0.1, 0.15) is 35.0 Å². The topological polar surface area (TPSA) is 88.1 Å². The van der Waals surface area contributed by atoms with E-state index in [-0.39, 0.29) is 5.91 Å². The average Bonchev–Trinajstić information content (AvgIpc) is 3.08. The largest absolute Gasteiger partial charge is 0.457 e. The minimum absolute atomic E-state index is 0.212. The van der Waals surface area contributed by atoms with Crippen molar-refractivity contribution in [3.8, 4) is 11.5 Å². The lowest BCUT2D eigenvalue weighted by molar-refractivity contribution is 0.0383. The lowest BCUT2D eigenvalue weighted by Crippen LogP contribution is -2.41. The zero-order valence-corrected chi connectivity index (χ0v) is 22.1. The number of amidine groups is 1. The Morgan fingerprint density at radius 2 is 1.87 bits per heavy atom. The Morgan fingerprint density at radius 1 is 1.08 bits per heavy atom. The molecule has 1 fully saturated rings. The number of anilines is 1. The number of amides is 1. The normalized spacial score (nSPS) is 17.6. The molecule has 1 atom stereocenters. The van der Waals surface area contributed by atoms with Crippen molar-refractivity contribution in [2.75, 3.05) is 44.7 Å². The molecule has 198 valence electrons. The number of hydrogen-bond acceptors (Lipinski definition) is 7. The molecule has 2 aromatic carbocycles. The Balaban J connectivity index is 1.25. The highest BCUT2D eigenvalue weighted by molar-refractivity contribution is 5.99. The summed E-state index contributed by atoms with van der Waals surface area (Å²) in [5.74, 6) is 2.27. The molecule has 8 heteroatoms. The van der Waals surface area contributed by atoms with Crippen molar-refractivity contribution in [3.63, 3.8) is 0 Å². The van der Waals surface area contributed by atoms with Crippen molar-refractivity contribution in [1.82, 2.24) is 15.2 Å². The molecule has 2 aliphatic heterocycles. The molecule has 0 aliphatic carbocycles. The van der Waals surface area contributed by atoms with Crippen molar-refractivity contribution < 1.29 is 14.3 Å². The molecule has 3 aromatic rings. The number of aliphatic imine (C=N–C) groups is 1. The van der Waals surface area contributed by atoms with Crippen LogP contribution in [0.4, 0.5) is 11.4 Å². The summed E-state index contributed by atoms with van der Waals surface area (Å²) < 4.78 is 11.5. The second-order valence-electron chi connectivity index (χ2n) is 9.91. The number of fused-ring (bicyclic) bond motifs is 1. The maximum Gasteiger partial charge on any atom is 0.270 e. The summed E-state index contributed by atoms with van der Waals surface area (Å²) in [6.07, 6.45) is 3.56. The zero-order chi connectivity index (χ0) is 26.3. The van der Waals surface area contributed by atoms with Crippen molar-refractivity contribution >= 4 is 23.1 Å². The molecule has 2 aliphatic rings. The number of nitrogens with zero attached hydrogens (tertiary/aromatic N) is 3. The lowest BCUT2D eigenvalue weighted by Gasteiger charge is -2.26. The van der Waals surface area contributed by atoms with Gasteiger partial charge in [-0.05, 0) is 49.6 Å². The van der Waals surface area contributed by atoms with E-state index in [1.807, 2.05) is 12.1 Å². The quantitative estimate of drug-likeness (QED) is 0.464. The number of hydrogen-bond donors (Lipinski definition) is 2. The first-order chi connectivity index (χ1) is 18.5. The number of rotatable bonds is 7. The zero-order valence-electron chi connectivity index (χ0n) is 22.1. The average molecular weight is 514 g/mol. The van der Waals surface area contributed by atoms with Gasteiger partial charge in [-0.1, -0.05) is 30.7 Å². The summed E-state index contributed by atoms with van der Waals surface area (Å²) in [6, 6.07) is 17.8. The Kier molecular flexibility index (Phi) is 8.31. The van der Waals surface area contributed by atoms with Gasteiger partial charge >= 0.3 is 0 Å². The van der Waals surface area contributed by atoms with Crippen molar-refractivity contribution in [3.05, 3.63) is 77.6 Å². The fraction of sp³-hybridized carbons (Fsp3) is 0.367. The smallest absolute Gasteiger partial charge is 0.270 e. The van der Waals surface area contributed by atoms with Crippen LogP contribution in [-0.2, 0) is 11.2 Å². The summed E-state index contributed by atoms with van der Waals surface area (Å²) in [5.41, 5.74) is 4.68. The van der Waals surface area contributed by atoms with Crippen LogP contribution in [0, 0.1) is 12.8 Å². The maximum absolute atomic E-state index is 12.7. The van der Waals surface area contributed by atoms with Gasteiger partial charge in [0.25, 0.3) is 5.91 Å². The van der Waals surface area contributed by atoms with Crippen LogP contribution >= 0.6 is 0 Å². The van der Waals surface area contributed by atoms with Gasteiger partial charge in [0, 0.05) is 56.1 Å². The highest BCUT2D eigenvalue weighted by Crippen LogP contribution is 2.33. The van der Waals surface area contributed by atoms with Crippen LogP contribution in [0.2, 0.25) is 0 Å². The molecule has 0 saturated carbocycles. The van der Waals surface area contributed by atoms with Gasteiger partial charge in [0.15, 0.2) is 0 Å². The predicted molar refractivity (Wildman–Crippen MR) is 150 cm³/mol. The molecular weight excluding hydrogens is 478 g/mol. The molecule has 8 nitrogen and oxygen atoms in total. The highest BCUT2D eigenvalue weighted by Gasteiger charge is 2.18. The number of benzene rings is 2. The van der Waals surface area contributed by atoms with Crippen LogP contribution in [-0.4, -0.2) is 61.0 Å². The minimum atomic E-state index is -0.212. The molecule has 0 spiro atoms. The first kappa shape index (κ1) is 25.9. The van der Waals surface area contributed by atoms with E-state index in [0.717, 1.165) is 62.9 Å². The van der Waals surface area contributed by atoms with E-state index >= 15 is 0 Å². The number of carbonyl (C=O) groups is 1. The summed E-state index contributed by atoms with van der Waals surface area (Å²) in [7, 11) is 0. The Morgan fingerprint density at radius 3 is 2.68 bits per heavy atom. The molecule has 0 radical (unpaired) electrons. The van der Waals surface area contributed by atoms with E-state index in [2.05, 4.69) is 64.7 Å². The maximum atomic E-state index is 12.7. The third kappa shape index (κ3) is 6.76. The molecule has 0 bridgehead atoms. The number of nitrogens with one attached hydrogen (secondary N) is 2. The molecule has 3 heterocycles. The van der Waals surface area contributed by atoms with Gasteiger partial charge < -0.3 is 20.1 Å². The summed E-state index contributed by atoms with van der Waals surface area (Å²) in [5, 5.41) is 6.47. The van der Waals surface area contributed by atoms with E-state index in [4.69, 9.17) is 14.5 Å². The first-order valence-corrected chi connectivity index (χ1v) is 13.3. The van der Waals surface area contributed by atoms with E-state index in [1.165, 1.54) is 11.1 Å². The highest BCUT2D eigenvalue weighted by atomic mass is 16.5. The predicted octanol–water partition coefficient (Wildman–Crippen LogP) is 4.97. The summed E-state index contributed by atoms with van der Waals surface area (Å²) in [6.45, 7) is 8.91. The fourth-order valence-electron chi connectivity index (χ4n) is 4.59. The van der Waals surface area contributed by atoms with Gasteiger partial charge in [0.1, 0.15) is 23.0 Å². The van der Waals surface area contributed by atoms with Gasteiger partial charge in [-0.2, -0.15) is 0 Å². The van der Waals surface area contributed by atoms with Gasteiger partial charge in [-0.25, -0.2) is 4.99 Å². The second kappa shape index (κ2) is 12.2. The number of aryl methyl sites for hydroxylation is 2. The van der Waals surface area contributed by atoms with Gasteiger partial charge in [0.2, 0.25) is 0 Å². The summed E-state index contributed by atoms with van der Waals surface area (Å²) in [4.78, 5) is 24.2. The number of carbonyl (C=O) groups excluding carboxylic acids is 1. The third-order valence-electron chi connectivity index (χ3n) is 6.95. The standard InChI is InChI=1S/C30H35N5O3/c1-21-3-8-24(9-4-21)33-29-22(2)5-6-23-7-10-25(19-27(23)34-29)38-26-11-12-31-28(20-26)30(36)32-13-14-35-15-17-37-18-16-35/h3-4,7-12,19-20,22H,5-6,13-18H2,1-2H3,(H,32,36)(H,33,34)/t22-/m1/s1. The number of ether oxygens (including phenoxy) is 2. The van der Waals surface area contributed by atoms with Gasteiger partial charge in [-0.3, -0.25) is 14.7 Å². The van der Waals surface area contributed by atoms with Crippen LogP contribution in [0.5, 0.6) is 11.5 Å². The van der Waals surface area contributed by atoms with Crippen LogP contribution in [0.25, 0.3) is 0 Å². The van der Waals surface area contributed by atoms with Crippen LogP contribution < -0.4 is 15.4 Å². The van der Waals surface area contributed by atoms with Gasteiger partial charge in [-0.15, -0.1) is 0 Å². The number of pyridine rings is 1. The molecule has 1 amide bonds. The molecule has 5 rings (SSSR count). The van der Waals surface area contributed by atoms with Gasteiger partial charge in [0.05, 0.1) is 18.9 Å². The minimum Gasteiger partial charge on any atom is -0.457 e. The van der Waals surface area contributed by atoms with E-state index < -0.39 is 0 Å². The van der Waals surface area contributed by atoms with Crippen LogP contribution in [0.15, 0.2) is 65.8 Å². The Bertz CT molecular complexity index is 1290. The first-order valence-electron chi connectivity index (χ1n) is 13.3.